The van der Waals surface area contributed by atoms with Crippen LogP contribution >= 0.6 is 0 Å². The van der Waals surface area contributed by atoms with Crippen LogP contribution < -0.4 is 15.8 Å². The molecule has 1 aromatic carbocycles. The molecule has 0 aliphatic carbocycles. The summed E-state index contributed by atoms with van der Waals surface area (Å²) < 4.78 is 5.53. The maximum absolute atomic E-state index is 12.2. The third-order valence-corrected chi connectivity index (χ3v) is 3.80. The molecule has 24 heavy (non-hydrogen) atoms. The van der Waals surface area contributed by atoms with E-state index in [9.17, 15) is 9.59 Å². The van der Waals surface area contributed by atoms with Gasteiger partial charge in [-0.2, -0.15) is 0 Å². The Morgan fingerprint density at radius 3 is 2.42 bits per heavy atom. The monoisotopic (exact) mass is 335 g/mol. The Morgan fingerprint density at radius 1 is 1.25 bits per heavy atom. The first-order valence-electron chi connectivity index (χ1n) is 8.26. The predicted octanol–water partition coefficient (Wildman–Crippen LogP) is 2.25. The summed E-state index contributed by atoms with van der Waals surface area (Å²) in [7, 11) is 0. The van der Waals surface area contributed by atoms with E-state index >= 15 is 0 Å². The molecule has 0 fully saturated rings. The molecular formula is C18H29N3O3. The van der Waals surface area contributed by atoms with Crippen LogP contribution in [0.4, 0.5) is 5.69 Å². The van der Waals surface area contributed by atoms with E-state index < -0.39 is 6.04 Å². The SMILES string of the molecule is CCN(CC)C(=O)COc1cccc(NC(=O)[C@@H](N)C(C)(C)C)c1. The highest BCUT2D eigenvalue weighted by Gasteiger charge is 2.27. The van der Waals surface area contributed by atoms with Crippen molar-refractivity contribution in [1.82, 2.24) is 4.90 Å². The maximum atomic E-state index is 12.2. The smallest absolute Gasteiger partial charge is 0.260 e. The van der Waals surface area contributed by atoms with Crippen LogP contribution in [-0.4, -0.2) is 42.5 Å². The molecule has 6 heteroatoms. The number of nitrogens with one attached hydrogen (secondary N) is 1. The standard InChI is InChI=1S/C18H29N3O3/c1-6-21(7-2)15(22)12-24-14-10-8-9-13(11-14)20-17(23)16(19)18(3,4)5/h8-11,16H,6-7,12,19H2,1-5H3,(H,20,23)/t16-/m1/s1. The number of carbonyl (C=O) groups excluding carboxylic acids is 2. The fraction of sp³-hybridized carbons (Fsp3) is 0.556. The van der Waals surface area contributed by atoms with E-state index in [2.05, 4.69) is 5.32 Å². The van der Waals surface area contributed by atoms with Gasteiger partial charge in [0.05, 0.1) is 6.04 Å². The first kappa shape index (κ1) is 20.0. The molecule has 0 saturated heterocycles. The molecule has 3 N–H and O–H groups in total. The Hall–Kier alpha value is -2.08. The van der Waals surface area contributed by atoms with Crippen LogP contribution in [0.3, 0.4) is 0 Å². The van der Waals surface area contributed by atoms with Crippen molar-refractivity contribution in [2.24, 2.45) is 11.1 Å². The number of hydrogen-bond donors (Lipinski definition) is 2. The molecular weight excluding hydrogens is 306 g/mol. The lowest BCUT2D eigenvalue weighted by Crippen LogP contribution is -2.45. The van der Waals surface area contributed by atoms with E-state index in [0.717, 1.165) is 0 Å². The Kier molecular flexibility index (Phi) is 7.22. The number of carbonyl (C=O) groups is 2. The first-order valence-corrected chi connectivity index (χ1v) is 8.26. The lowest BCUT2D eigenvalue weighted by Gasteiger charge is -2.25. The lowest BCUT2D eigenvalue weighted by molar-refractivity contribution is -0.133. The summed E-state index contributed by atoms with van der Waals surface area (Å²) in [6.45, 7) is 10.9. The van der Waals surface area contributed by atoms with Gasteiger partial charge in [-0.05, 0) is 31.4 Å². The third kappa shape index (κ3) is 5.85. The number of ether oxygens (including phenoxy) is 1. The molecule has 0 heterocycles. The lowest BCUT2D eigenvalue weighted by atomic mass is 9.87. The molecule has 0 unspecified atom stereocenters. The number of benzene rings is 1. The minimum atomic E-state index is -0.619. The number of hydrogen-bond acceptors (Lipinski definition) is 4. The molecule has 0 aliphatic heterocycles. The van der Waals surface area contributed by atoms with Crippen molar-refractivity contribution >= 4 is 17.5 Å². The van der Waals surface area contributed by atoms with Gasteiger partial charge in [0, 0.05) is 24.8 Å². The summed E-state index contributed by atoms with van der Waals surface area (Å²) in [5.41, 5.74) is 6.21. The molecule has 1 atom stereocenters. The van der Waals surface area contributed by atoms with Gasteiger partial charge in [-0.3, -0.25) is 9.59 Å². The van der Waals surface area contributed by atoms with Gasteiger partial charge < -0.3 is 20.7 Å². The summed E-state index contributed by atoms with van der Waals surface area (Å²) in [5, 5.41) is 2.78. The van der Waals surface area contributed by atoms with Crippen molar-refractivity contribution in [3.05, 3.63) is 24.3 Å². The van der Waals surface area contributed by atoms with E-state index in [-0.39, 0.29) is 23.8 Å². The van der Waals surface area contributed by atoms with Gasteiger partial charge in [-0.25, -0.2) is 0 Å². The van der Waals surface area contributed by atoms with Crippen LogP contribution in [0.1, 0.15) is 34.6 Å². The van der Waals surface area contributed by atoms with E-state index in [1.165, 1.54) is 0 Å². The van der Waals surface area contributed by atoms with Crippen LogP contribution in [-0.2, 0) is 9.59 Å². The van der Waals surface area contributed by atoms with Crippen LogP contribution in [0.15, 0.2) is 24.3 Å². The first-order chi connectivity index (χ1) is 11.2. The van der Waals surface area contributed by atoms with Crippen molar-refractivity contribution in [1.29, 1.82) is 0 Å². The molecule has 0 aliphatic rings. The van der Waals surface area contributed by atoms with E-state index in [4.69, 9.17) is 10.5 Å². The summed E-state index contributed by atoms with van der Waals surface area (Å²) >= 11 is 0. The van der Waals surface area contributed by atoms with Crippen molar-refractivity contribution in [3.63, 3.8) is 0 Å². The average molecular weight is 335 g/mol. The molecule has 6 nitrogen and oxygen atoms in total. The number of amides is 2. The number of likely N-dealkylation sites (N-methyl/N-ethyl adjacent to an activating group) is 1. The quantitative estimate of drug-likeness (QED) is 0.800. The van der Waals surface area contributed by atoms with E-state index in [1.807, 2.05) is 34.6 Å². The second-order valence-corrected chi connectivity index (χ2v) is 6.72. The molecule has 2 amide bonds. The second kappa shape index (κ2) is 8.68. The molecule has 0 aromatic heterocycles. The zero-order valence-electron chi connectivity index (χ0n) is 15.3. The summed E-state index contributed by atoms with van der Waals surface area (Å²) in [5.74, 6) is 0.209. The molecule has 1 rings (SSSR count). The van der Waals surface area contributed by atoms with Gasteiger partial charge in [0.1, 0.15) is 5.75 Å². The van der Waals surface area contributed by atoms with Gasteiger partial charge in [0.2, 0.25) is 5.91 Å². The molecule has 0 spiro atoms. The normalized spacial score (nSPS) is 12.4. The Balaban J connectivity index is 2.67. The summed E-state index contributed by atoms with van der Waals surface area (Å²) in [6.07, 6.45) is 0. The second-order valence-electron chi connectivity index (χ2n) is 6.72. The summed E-state index contributed by atoms with van der Waals surface area (Å²) in [6, 6.07) is 6.32. The van der Waals surface area contributed by atoms with Crippen LogP contribution in [0.25, 0.3) is 0 Å². The van der Waals surface area contributed by atoms with Gasteiger partial charge in [-0.1, -0.05) is 26.8 Å². The van der Waals surface area contributed by atoms with Gasteiger partial charge in [0.15, 0.2) is 6.61 Å². The number of nitrogens with two attached hydrogens (primary N) is 1. The Morgan fingerprint density at radius 2 is 1.88 bits per heavy atom. The van der Waals surface area contributed by atoms with Crippen LogP contribution in [0.2, 0.25) is 0 Å². The van der Waals surface area contributed by atoms with E-state index in [1.54, 1.807) is 29.2 Å². The largest absolute Gasteiger partial charge is 0.484 e. The minimum Gasteiger partial charge on any atom is -0.484 e. The zero-order chi connectivity index (χ0) is 18.3. The highest BCUT2D eigenvalue weighted by atomic mass is 16.5. The van der Waals surface area contributed by atoms with Crippen molar-refractivity contribution in [2.75, 3.05) is 25.0 Å². The van der Waals surface area contributed by atoms with Gasteiger partial charge in [0.25, 0.3) is 5.91 Å². The Bertz CT molecular complexity index is 563. The van der Waals surface area contributed by atoms with Gasteiger partial charge >= 0.3 is 0 Å². The van der Waals surface area contributed by atoms with Crippen LogP contribution in [0.5, 0.6) is 5.75 Å². The number of nitrogens with zero attached hydrogens (tertiary/aromatic N) is 1. The zero-order valence-corrected chi connectivity index (χ0v) is 15.3. The topological polar surface area (TPSA) is 84.7 Å². The number of anilines is 1. The van der Waals surface area contributed by atoms with Crippen molar-refractivity contribution < 1.29 is 14.3 Å². The van der Waals surface area contributed by atoms with Crippen molar-refractivity contribution in [2.45, 2.75) is 40.7 Å². The number of rotatable bonds is 7. The fourth-order valence-electron chi connectivity index (χ4n) is 2.09. The summed E-state index contributed by atoms with van der Waals surface area (Å²) in [4.78, 5) is 25.8. The van der Waals surface area contributed by atoms with Gasteiger partial charge in [-0.15, -0.1) is 0 Å². The van der Waals surface area contributed by atoms with Crippen LogP contribution in [0, 0.1) is 5.41 Å². The highest BCUT2D eigenvalue weighted by molar-refractivity contribution is 5.95. The molecule has 0 radical (unpaired) electrons. The minimum absolute atomic E-state index is 0.0272. The Labute approximate surface area is 144 Å². The van der Waals surface area contributed by atoms with E-state index in [0.29, 0.717) is 24.5 Å². The highest BCUT2D eigenvalue weighted by Crippen LogP contribution is 2.21. The molecule has 134 valence electrons. The molecule has 0 bridgehead atoms. The predicted molar refractivity (Wildman–Crippen MR) is 95.9 cm³/mol. The fourth-order valence-corrected chi connectivity index (χ4v) is 2.09. The maximum Gasteiger partial charge on any atom is 0.260 e. The van der Waals surface area contributed by atoms with Crippen molar-refractivity contribution in [3.8, 4) is 5.75 Å². The third-order valence-electron chi connectivity index (χ3n) is 3.80. The molecule has 0 saturated carbocycles. The average Bonchev–Trinajstić information content (AvgIpc) is 2.52. The molecule has 1 aromatic rings.